The molecule has 3 heterocycles. The van der Waals surface area contributed by atoms with Gasteiger partial charge < -0.3 is 4.74 Å². The van der Waals surface area contributed by atoms with Crippen LogP contribution in [-0.2, 0) is 11.3 Å². The number of fused-ring (bicyclic) bond motifs is 3. The second kappa shape index (κ2) is 8.16. The van der Waals surface area contributed by atoms with Gasteiger partial charge in [0.15, 0.2) is 12.0 Å². The third-order valence-corrected chi connectivity index (χ3v) is 5.87. The Morgan fingerprint density at radius 2 is 1.81 bits per heavy atom. The maximum atomic E-state index is 12.6. The number of benzene rings is 2. The van der Waals surface area contributed by atoms with Crippen molar-refractivity contribution in [1.82, 2.24) is 20.1 Å². The standard InChI is InChI=1S/C23H19N5O2S/c1-15-26-27-21-20(25-23(29)30-14-16-8-4-2-5-9-16)24-19(17-10-6-3-7-11-17)18-12-13-31-22(18)28(15)21/h2-13,20H,14H2,1H3,(H,25,29). The van der Waals surface area contributed by atoms with E-state index in [2.05, 4.69) is 15.5 Å². The van der Waals surface area contributed by atoms with Crippen molar-refractivity contribution in [1.29, 1.82) is 0 Å². The number of aromatic nitrogens is 3. The summed E-state index contributed by atoms with van der Waals surface area (Å²) in [7, 11) is 0. The van der Waals surface area contributed by atoms with Crippen LogP contribution in [-0.4, -0.2) is 26.6 Å². The van der Waals surface area contributed by atoms with Crippen molar-refractivity contribution in [2.24, 2.45) is 4.99 Å². The molecule has 8 heteroatoms. The van der Waals surface area contributed by atoms with E-state index in [0.717, 1.165) is 33.2 Å². The lowest BCUT2D eigenvalue weighted by Crippen LogP contribution is -2.30. The molecule has 1 aliphatic heterocycles. The molecular weight excluding hydrogens is 410 g/mol. The summed E-state index contributed by atoms with van der Waals surface area (Å²) in [4.78, 5) is 17.5. The van der Waals surface area contributed by atoms with Gasteiger partial charge in [-0.25, -0.2) is 4.79 Å². The second-order valence-electron chi connectivity index (χ2n) is 7.03. The van der Waals surface area contributed by atoms with Gasteiger partial charge in [-0.05, 0) is 23.9 Å². The minimum Gasteiger partial charge on any atom is -0.445 e. The van der Waals surface area contributed by atoms with E-state index in [1.807, 2.05) is 83.6 Å². The first-order valence-electron chi connectivity index (χ1n) is 9.81. The summed E-state index contributed by atoms with van der Waals surface area (Å²) >= 11 is 1.59. The highest BCUT2D eigenvalue weighted by atomic mass is 32.1. The summed E-state index contributed by atoms with van der Waals surface area (Å²) in [5, 5.41) is 14.4. The third-order valence-electron chi connectivity index (χ3n) is 4.97. The molecule has 0 saturated heterocycles. The maximum absolute atomic E-state index is 12.6. The second-order valence-corrected chi connectivity index (χ2v) is 7.93. The number of amides is 1. The first kappa shape index (κ1) is 19.2. The topological polar surface area (TPSA) is 81.4 Å². The third kappa shape index (κ3) is 3.73. The van der Waals surface area contributed by atoms with Crippen LogP contribution in [0.1, 0.15) is 34.5 Å². The van der Waals surface area contributed by atoms with E-state index < -0.39 is 12.3 Å². The highest BCUT2D eigenvalue weighted by molar-refractivity contribution is 7.13. The van der Waals surface area contributed by atoms with Crippen molar-refractivity contribution in [2.75, 3.05) is 0 Å². The summed E-state index contributed by atoms with van der Waals surface area (Å²) in [6, 6.07) is 21.5. The van der Waals surface area contributed by atoms with Crippen molar-refractivity contribution in [3.8, 4) is 5.00 Å². The zero-order valence-electron chi connectivity index (χ0n) is 16.7. The van der Waals surface area contributed by atoms with Crippen molar-refractivity contribution >= 4 is 23.1 Å². The molecule has 0 spiro atoms. The molecule has 7 nitrogen and oxygen atoms in total. The van der Waals surface area contributed by atoms with Gasteiger partial charge in [-0.1, -0.05) is 60.7 Å². The summed E-state index contributed by atoms with van der Waals surface area (Å²) < 4.78 is 7.36. The molecule has 1 amide bonds. The Bertz CT molecular complexity index is 1250. The predicted molar refractivity (Wildman–Crippen MR) is 119 cm³/mol. The summed E-state index contributed by atoms with van der Waals surface area (Å²) in [6.45, 7) is 2.06. The SMILES string of the molecule is Cc1nnc2n1-c1sccc1C(c1ccccc1)=NC2NC(=O)OCc1ccccc1. The molecule has 2 aromatic heterocycles. The van der Waals surface area contributed by atoms with Crippen LogP contribution in [0, 0.1) is 6.92 Å². The fourth-order valence-corrected chi connectivity index (χ4v) is 4.47. The Labute approximate surface area is 183 Å². The minimum absolute atomic E-state index is 0.174. The fourth-order valence-electron chi connectivity index (χ4n) is 3.52. The molecule has 154 valence electrons. The van der Waals surface area contributed by atoms with Gasteiger partial charge in [0.1, 0.15) is 17.4 Å². The molecule has 1 N–H and O–H groups in total. The average Bonchev–Trinajstić information content (AvgIpc) is 3.40. The maximum Gasteiger partial charge on any atom is 0.409 e. The lowest BCUT2D eigenvalue weighted by Gasteiger charge is -2.14. The molecule has 1 atom stereocenters. The molecule has 1 aliphatic rings. The Hall–Kier alpha value is -3.78. The van der Waals surface area contributed by atoms with Gasteiger partial charge in [0, 0.05) is 11.1 Å². The summed E-state index contributed by atoms with van der Waals surface area (Å²) in [5.41, 5.74) is 3.63. The van der Waals surface area contributed by atoms with E-state index in [1.54, 1.807) is 11.3 Å². The highest BCUT2D eigenvalue weighted by Gasteiger charge is 2.30. The Balaban J connectivity index is 1.50. The number of ether oxygens (including phenoxy) is 1. The van der Waals surface area contributed by atoms with Gasteiger partial charge >= 0.3 is 6.09 Å². The number of aliphatic imine (C=N–C) groups is 1. The molecule has 31 heavy (non-hydrogen) atoms. The van der Waals surface area contributed by atoms with Gasteiger partial charge in [0.25, 0.3) is 0 Å². The van der Waals surface area contributed by atoms with E-state index >= 15 is 0 Å². The van der Waals surface area contributed by atoms with Crippen LogP contribution >= 0.6 is 11.3 Å². The first-order valence-corrected chi connectivity index (χ1v) is 10.7. The van der Waals surface area contributed by atoms with Gasteiger partial charge in [-0.3, -0.25) is 14.9 Å². The number of thiophene rings is 1. The number of nitrogens with zero attached hydrogens (tertiary/aromatic N) is 4. The van der Waals surface area contributed by atoms with Crippen LogP contribution < -0.4 is 5.32 Å². The number of carbonyl (C=O) groups is 1. The molecule has 2 aromatic carbocycles. The number of rotatable bonds is 4. The minimum atomic E-state index is -0.737. The molecule has 0 fully saturated rings. The molecule has 0 aliphatic carbocycles. The molecule has 0 saturated carbocycles. The van der Waals surface area contributed by atoms with Crippen LogP contribution in [0.2, 0.25) is 0 Å². The van der Waals surface area contributed by atoms with Gasteiger partial charge in [0.2, 0.25) is 0 Å². The van der Waals surface area contributed by atoms with Crippen LogP contribution in [0.4, 0.5) is 4.79 Å². The zero-order chi connectivity index (χ0) is 21.2. The van der Waals surface area contributed by atoms with E-state index in [-0.39, 0.29) is 6.61 Å². The van der Waals surface area contributed by atoms with Crippen LogP contribution in [0.15, 0.2) is 77.1 Å². The van der Waals surface area contributed by atoms with Gasteiger partial charge in [0.05, 0.1) is 5.71 Å². The van der Waals surface area contributed by atoms with Crippen molar-refractivity contribution in [3.63, 3.8) is 0 Å². The van der Waals surface area contributed by atoms with E-state index in [0.29, 0.717) is 5.82 Å². The van der Waals surface area contributed by atoms with Crippen molar-refractivity contribution in [2.45, 2.75) is 19.7 Å². The number of hydrogen-bond donors (Lipinski definition) is 1. The number of hydrogen-bond acceptors (Lipinski definition) is 6. The number of nitrogens with one attached hydrogen (secondary N) is 1. The van der Waals surface area contributed by atoms with Gasteiger partial charge in [-0.2, -0.15) is 0 Å². The van der Waals surface area contributed by atoms with Crippen LogP contribution in [0.3, 0.4) is 0 Å². The zero-order valence-corrected chi connectivity index (χ0v) is 17.5. The Morgan fingerprint density at radius 3 is 2.58 bits per heavy atom. The van der Waals surface area contributed by atoms with Gasteiger partial charge in [-0.15, -0.1) is 21.5 Å². The Morgan fingerprint density at radius 1 is 1.06 bits per heavy atom. The monoisotopic (exact) mass is 429 g/mol. The van der Waals surface area contributed by atoms with E-state index in [9.17, 15) is 4.79 Å². The molecular formula is C23H19N5O2S. The summed E-state index contributed by atoms with van der Waals surface area (Å²) in [5.74, 6) is 1.27. The number of alkyl carbamates (subject to hydrolysis) is 1. The largest absolute Gasteiger partial charge is 0.445 e. The Kier molecular flexibility index (Phi) is 5.05. The molecule has 0 bridgehead atoms. The first-order chi connectivity index (χ1) is 15.2. The number of aryl methyl sites for hydroxylation is 1. The molecule has 5 rings (SSSR count). The van der Waals surface area contributed by atoms with Crippen molar-refractivity contribution < 1.29 is 9.53 Å². The van der Waals surface area contributed by atoms with Crippen LogP contribution in [0.25, 0.3) is 5.00 Å². The van der Waals surface area contributed by atoms with Crippen molar-refractivity contribution in [3.05, 3.63) is 100 Å². The normalized spacial score (nSPS) is 14.7. The average molecular weight is 430 g/mol. The van der Waals surface area contributed by atoms with E-state index in [4.69, 9.17) is 9.73 Å². The number of carbonyl (C=O) groups excluding carboxylic acids is 1. The molecule has 1 unspecified atom stereocenters. The highest BCUT2D eigenvalue weighted by Crippen LogP contribution is 2.33. The smallest absolute Gasteiger partial charge is 0.409 e. The molecule has 4 aromatic rings. The lowest BCUT2D eigenvalue weighted by molar-refractivity contribution is 0.135. The van der Waals surface area contributed by atoms with E-state index in [1.165, 1.54) is 0 Å². The lowest BCUT2D eigenvalue weighted by atomic mass is 10.0. The molecule has 0 radical (unpaired) electrons. The quantitative estimate of drug-likeness (QED) is 0.521. The predicted octanol–water partition coefficient (Wildman–Crippen LogP) is 4.41. The summed E-state index contributed by atoms with van der Waals surface area (Å²) in [6.07, 6.45) is -1.30. The fraction of sp³-hybridized carbons (Fsp3) is 0.130. The van der Waals surface area contributed by atoms with Crippen LogP contribution in [0.5, 0.6) is 0 Å².